The van der Waals surface area contributed by atoms with Gasteiger partial charge in [0.2, 0.25) is 11.7 Å². The van der Waals surface area contributed by atoms with Gasteiger partial charge in [0.15, 0.2) is 0 Å². The summed E-state index contributed by atoms with van der Waals surface area (Å²) in [6, 6.07) is 12.3. The van der Waals surface area contributed by atoms with Gasteiger partial charge in [0, 0.05) is 25.1 Å². The lowest BCUT2D eigenvalue weighted by Gasteiger charge is -2.32. The Labute approximate surface area is 187 Å². The molecule has 0 fully saturated rings. The fourth-order valence-corrected chi connectivity index (χ4v) is 3.96. The second kappa shape index (κ2) is 8.36. The fourth-order valence-electron chi connectivity index (χ4n) is 3.96. The van der Waals surface area contributed by atoms with Gasteiger partial charge in [-0.1, -0.05) is 17.3 Å². The van der Waals surface area contributed by atoms with E-state index in [0.717, 1.165) is 40.4 Å². The Kier molecular flexibility index (Phi) is 5.37. The van der Waals surface area contributed by atoms with Gasteiger partial charge in [-0.15, -0.1) is 0 Å². The number of halogens is 3. The maximum atomic E-state index is 12.9. The van der Waals surface area contributed by atoms with E-state index in [0.29, 0.717) is 31.2 Å². The van der Waals surface area contributed by atoms with Crippen molar-refractivity contribution in [2.75, 3.05) is 7.11 Å². The number of hydrogen-bond donors (Lipinski definition) is 1. The Morgan fingerprint density at radius 1 is 1.12 bits per heavy atom. The van der Waals surface area contributed by atoms with Crippen LogP contribution in [-0.2, 0) is 25.7 Å². The lowest BCUT2D eigenvalue weighted by atomic mass is 10.0. The molecule has 7 nitrogen and oxygen atoms in total. The van der Waals surface area contributed by atoms with Crippen molar-refractivity contribution in [3.8, 4) is 17.1 Å². The molecule has 0 aliphatic carbocycles. The Morgan fingerprint density at radius 2 is 1.88 bits per heavy atom. The average molecular weight is 455 g/mol. The Balaban J connectivity index is 1.41. The van der Waals surface area contributed by atoms with Crippen LogP contribution in [-0.4, -0.2) is 32.1 Å². The minimum absolute atomic E-state index is 0.261. The van der Waals surface area contributed by atoms with Gasteiger partial charge in [0.1, 0.15) is 5.75 Å². The predicted octanol–water partition coefficient (Wildman–Crippen LogP) is 4.79. The highest BCUT2D eigenvalue weighted by molar-refractivity contribution is 5.55. The number of alkyl halides is 3. The molecule has 5 rings (SSSR count). The lowest BCUT2D eigenvalue weighted by Crippen LogP contribution is -2.34. The SMILES string of the molecule is COc1ccc(-c2noc(C3Cc4nc[nH]c4CN3Cc3ccc(C(F)(F)F)cc3)n2)cc1. The molecule has 2 aromatic carbocycles. The summed E-state index contributed by atoms with van der Waals surface area (Å²) in [5.74, 6) is 1.61. The van der Waals surface area contributed by atoms with E-state index in [9.17, 15) is 13.2 Å². The number of imidazole rings is 1. The summed E-state index contributed by atoms with van der Waals surface area (Å²) in [6.07, 6.45) is -2.18. The van der Waals surface area contributed by atoms with Crippen molar-refractivity contribution in [2.24, 2.45) is 0 Å². The molecular weight excluding hydrogens is 435 g/mol. The van der Waals surface area contributed by atoms with E-state index >= 15 is 0 Å². The third-order valence-electron chi connectivity index (χ3n) is 5.74. The van der Waals surface area contributed by atoms with E-state index in [-0.39, 0.29) is 6.04 Å². The molecule has 1 unspecified atom stereocenters. The minimum Gasteiger partial charge on any atom is -0.497 e. The molecule has 0 amide bonds. The van der Waals surface area contributed by atoms with E-state index in [1.54, 1.807) is 13.4 Å². The monoisotopic (exact) mass is 455 g/mol. The molecule has 3 heterocycles. The highest BCUT2D eigenvalue weighted by Crippen LogP contribution is 2.34. The molecule has 0 radical (unpaired) electrons. The number of methoxy groups -OCH3 is 1. The number of fused-ring (bicyclic) bond motifs is 1. The largest absolute Gasteiger partial charge is 0.497 e. The first-order chi connectivity index (χ1) is 15.9. The predicted molar refractivity (Wildman–Crippen MR) is 112 cm³/mol. The van der Waals surface area contributed by atoms with Crippen molar-refractivity contribution in [1.82, 2.24) is 25.0 Å². The third-order valence-corrected chi connectivity index (χ3v) is 5.74. The molecule has 1 atom stereocenters. The zero-order valence-corrected chi connectivity index (χ0v) is 17.6. The normalized spacial score (nSPS) is 16.5. The number of nitrogens with one attached hydrogen (secondary N) is 1. The maximum Gasteiger partial charge on any atom is 0.416 e. The number of hydrogen-bond acceptors (Lipinski definition) is 6. The topological polar surface area (TPSA) is 80.1 Å². The van der Waals surface area contributed by atoms with Gasteiger partial charge in [0.05, 0.1) is 36.4 Å². The fraction of sp³-hybridized carbons (Fsp3) is 0.261. The van der Waals surface area contributed by atoms with Crippen LogP contribution in [0.15, 0.2) is 59.4 Å². The molecule has 1 aliphatic heterocycles. The van der Waals surface area contributed by atoms with E-state index in [4.69, 9.17) is 9.26 Å². The van der Waals surface area contributed by atoms with Crippen molar-refractivity contribution in [2.45, 2.75) is 31.7 Å². The summed E-state index contributed by atoms with van der Waals surface area (Å²) in [5.41, 5.74) is 2.75. The van der Waals surface area contributed by atoms with Crippen molar-refractivity contribution >= 4 is 0 Å². The summed E-state index contributed by atoms with van der Waals surface area (Å²) in [7, 11) is 1.60. The first-order valence-electron chi connectivity index (χ1n) is 10.3. The molecule has 2 aromatic heterocycles. The van der Waals surface area contributed by atoms with Gasteiger partial charge in [-0.25, -0.2) is 4.98 Å². The number of ether oxygens (including phenoxy) is 1. The first-order valence-corrected chi connectivity index (χ1v) is 10.3. The van der Waals surface area contributed by atoms with Crippen LogP contribution in [0.5, 0.6) is 5.75 Å². The van der Waals surface area contributed by atoms with Gasteiger partial charge in [-0.2, -0.15) is 18.2 Å². The number of aromatic amines is 1. The highest BCUT2D eigenvalue weighted by atomic mass is 19.4. The van der Waals surface area contributed by atoms with Crippen molar-refractivity contribution in [3.05, 3.63) is 83.3 Å². The molecule has 1 aliphatic rings. The Hall–Kier alpha value is -3.66. The standard InChI is InChI=1S/C23H20F3N5O2/c1-32-17-8-4-15(5-9-17)21-29-22(33-30-21)20-10-18-19(28-13-27-18)12-31(20)11-14-2-6-16(7-3-14)23(24,25)26/h2-9,13,20H,10-12H2,1H3,(H,27,28). The quantitative estimate of drug-likeness (QED) is 0.466. The second-order valence-corrected chi connectivity index (χ2v) is 7.83. The number of nitrogens with zero attached hydrogens (tertiary/aromatic N) is 4. The van der Waals surface area contributed by atoms with Crippen LogP contribution in [0.2, 0.25) is 0 Å². The zero-order valence-electron chi connectivity index (χ0n) is 17.6. The number of aromatic nitrogens is 4. The number of benzene rings is 2. The van der Waals surface area contributed by atoms with E-state index in [2.05, 4.69) is 25.0 Å². The summed E-state index contributed by atoms with van der Waals surface area (Å²) in [4.78, 5) is 14.2. The molecule has 4 aromatic rings. The minimum atomic E-state index is -4.36. The number of rotatable bonds is 5. The Morgan fingerprint density at radius 3 is 2.58 bits per heavy atom. The molecule has 10 heteroatoms. The van der Waals surface area contributed by atoms with E-state index < -0.39 is 11.7 Å². The van der Waals surface area contributed by atoms with Crippen LogP contribution in [0.3, 0.4) is 0 Å². The zero-order chi connectivity index (χ0) is 23.0. The molecule has 0 saturated heterocycles. The summed E-state index contributed by atoms with van der Waals surface area (Å²) >= 11 is 0. The smallest absolute Gasteiger partial charge is 0.416 e. The highest BCUT2D eigenvalue weighted by Gasteiger charge is 2.34. The number of H-pyrrole nitrogens is 1. The summed E-state index contributed by atoms with van der Waals surface area (Å²) < 4.78 is 49.6. The molecule has 33 heavy (non-hydrogen) atoms. The molecule has 1 N–H and O–H groups in total. The van der Waals surface area contributed by atoms with Crippen LogP contribution in [0, 0.1) is 0 Å². The van der Waals surface area contributed by atoms with Crippen molar-refractivity contribution < 1.29 is 22.4 Å². The van der Waals surface area contributed by atoms with Crippen LogP contribution >= 0.6 is 0 Å². The van der Waals surface area contributed by atoms with Gasteiger partial charge in [-0.3, -0.25) is 4.90 Å². The lowest BCUT2D eigenvalue weighted by molar-refractivity contribution is -0.137. The molecule has 0 spiro atoms. The van der Waals surface area contributed by atoms with Crippen molar-refractivity contribution in [1.29, 1.82) is 0 Å². The molecule has 0 saturated carbocycles. The van der Waals surface area contributed by atoms with Crippen LogP contribution < -0.4 is 4.74 Å². The van der Waals surface area contributed by atoms with E-state index in [1.807, 2.05) is 24.3 Å². The third kappa shape index (κ3) is 4.34. The van der Waals surface area contributed by atoms with Crippen LogP contribution in [0.1, 0.15) is 34.4 Å². The molecular formula is C23H20F3N5O2. The van der Waals surface area contributed by atoms with Crippen LogP contribution in [0.25, 0.3) is 11.4 Å². The second-order valence-electron chi connectivity index (χ2n) is 7.83. The molecule has 0 bridgehead atoms. The first kappa shape index (κ1) is 21.2. The van der Waals surface area contributed by atoms with Crippen molar-refractivity contribution in [3.63, 3.8) is 0 Å². The van der Waals surface area contributed by atoms with Gasteiger partial charge >= 0.3 is 6.18 Å². The summed E-state index contributed by atoms with van der Waals surface area (Å²) in [6.45, 7) is 0.947. The van der Waals surface area contributed by atoms with E-state index in [1.165, 1.54) is 12.1 Å². The summed E-state index contributed by atoms with van der Waals surface area (Å²) in [5, 5.41) is 4.13. The average Bonchev–Trinajstić information content (AvgIpc) is 3.48. The van der Waals surface area contributed by atoms with Gasteiger partial charge in [-0.05, 0) is 42.0 Å². The maximum absolute atomic E-state index is 12.9. The Bertz CT molecular complexity index is 1230. The van der Waals surface area contributed by atoms with Gasteiger partial charge < -0.3 is 14.2 Å². The van der Waals surface area contributed by atoms with Crippen LogP contribution in [0.4, 0.5) is 13.2 Å². The van der Waals surface area contributed by atoms with Gasteiger partial charge in [0.25, 0.3) is 0 Å². The molecule has 170 valence electrons.